The highest BCUT2D eigenvalue weighted by Gasteiger charge is 2.45. The quantitative estimate of drug-likeness (QED) is 0.836. The first-order chi connectivity index (χ1) is 10.5. The highest BCUT2D eigenvalue weighted by molar-refractivity contribution is 6.42. The molecule has 0 saturated heterocycles. The van der Waals surface area contributed by atoms with Crippen molar-refractivity contribution in [3.8, 4) is 0 Å². The molecule has 1 aliphatic rings. The van der Waals surface area contributed by atoms with Gasteiger partial charge in [-0.1, -0.05) is 35.7 Å². The standard InChI is InChI=1S/C16H15Cl2N3O.ClH/c17-12-4-2-10(8-13(12)18)16(6-1-7-16)15(22)21-11-3-5-14(19)20-9-11;/h2-5,8-9H,1,6-7H2,(H2,19,20)(H,21,22);1H. The van der Waals surface area contributed by atoms with Gasteiger partial charge in [0.15, 0.2) is 0 Å². The third-order valence-corrected chi connectivity index (χ3v) is 4.90. The summed E-state index contributed by atoms with van der Waals surface area (Å²) in [5.41, 5.74) is 6.53. The highest BCUT2D eigenvalue weighted by atomic mass is 35.5. The summed E-state index contributed by atoms with van der Waals surface area (Å²) in [5.74, 6) is 0.365. The number of aromatic nitrogens is 1. The first kappa shape index (κ1) is 17.9. The van der Waals surface area contributed by atoms with Crippen molar-refractivity contribution < 1.29 is 4.79 Å². The van der Waals surface area contributed by atoms with E-state index in [9.17, 15) is 4.79 Å². The van der Waals surface area contributed by atoms with E-state index in [0.717, 1.165) is 24.8 Å². The number of carbonyl (C=O) groups excluding carboxylic acids is 1. The van der Waals surface area contributed by atoms with E-state index in [2.05, 4.69) is 10.3 Å². The number of benzene rings is 1. The molecule has 1 aromatic carbocycles. The van der Waals surface area contributed by atoms with Crippen LogP contribution in [0, 0.1) is 0 Å². The van der Waals surface area contributed by atoms with Gasteiger partial charge >= 0.3 is 0 Å². The van der Waals surface area contributed by atoms with E-state index < -0.39 is 5.41 Å². The number of pyridine rings is 1. The molecule has 0 bridgehead atoms. The largest absolute Gasteiger partial charge is 0.384 e. The van der Waals surface area contributed by atoms with Crippen LogP contribution in [0.3, 0.4) is 0 Å². The van der Waals surface area contributed by atoms with Crippen LogP contribution >= 0.6 is 35.6 Å². The molecule has 1 heterocycles. The summed E-state index contributed by atoms with van der Waals surface area (Å²) in [6, 6.07) is 8.78. The van der Waals surface area contributed by atoms with Crippen LogP contribution in [0.5, 0.6) is 0 Å². The van der Waals surface area contributed by atoms with Crippen LogP contribution in [-0.2, 0) is 10.2 Å². The summed E-state index contributed by atoms with van der Waals surface area (Å²) in [7, 11) is 0. The predicted octanol–water partition coefficient (Wildman–Crippen LogP) is 4.45. The highest BCUT2D eigenvalue weighted by Crippen LogP contribution is 2.45. The lowest BCUT2D eigenvalue weighted by Gasteiger charge is -2.40. The number of nitrogens with one attached hydrogen (secondary N) is 1. The van der Waals surface area contributed by atoms with Gasteiger partial charge < -0.3 is 11.1 Å². The first-order valence-corrected chi connectivity index (χ1v) is 7.75. The van der Waals surface area contributed by atoms with Gasteiger partial charge in [-0.3, -0.25) is 4.79 Å². The van der Waals surface area contributed by atoms with Crippen LogP contribution < -0.4 is 11.1 Å². The second kappa shape index (κ2) is 6.95. The Balaban J connectivity index is 0.00000192. The van der Waals surface area contributed by atoms with Crippen molar-refractivity contribution in [2.45, 2.75) is 24.7 Å². The normalized spacial score (nSPS) is 15.2. The molecule has 0 atom stereocenters. The van der Waals surface area contributed by atoms with E-state index in [0.29, 0.717) is 21.6 Å². The fourth-order valence-corrected chi connectivity index (χ4v) is 3.00. The molecule has 4 nitrogen and oxygen atoms in total. The predicted molar refractivity (Wildman–Crippen MR) is 96.5 cm³/mol. The van der Waals surface area contributed by atoms with Gasteiger partial charge in [-0.05, 0) is 42.7 Å². The summed E-state index contributed by atoms with van der Waals surface area (Å²) in [4.78, 5) is 16.7. The van der Waals surface area contributed by atoms with E-state index in [-0.39, 0.29) is 18.3 Å². The van der Waals surface area contributed by atoms with Crippen LogP contribution in [0.4, 0.5) is 11.5 Å². The third-order valence-electron chi connectivity index (χ3n) is 4.16. The number of halogens is 3. The van der Waals surface area contributed by atoms with E-state index in [1.54, 1.807) is 30.5 Å². The van der Waals surface area contributed by atoms with Gasteiger partial charge in [0.05, 0.1) is 27.3 Å². The fourth-order valence-electron chi connectivity index (χ4n) is 2.70. The number of nitrogens with two attached hydrogens (primary N) is 1. The molecule has 122 valence electrons. The number of hydrogen-bond donors (Lipinski definition) is 2. The number of hydrogen-bond acceptors (Lipinski definition) is 3. The van der Waals surface area contributed by atoms with Gasteiger partial charge in [0.25, 0.3) is 0 Å². The Morgan fingerprint density at radius 1 is 1.17 bits per heavy atom. The molecule has 1 saturated carbocycles. The zero-order chi connectivity index (χ0) is 15.7. The van der Waals surface area contributed by atoms with E-state index in [1.165, 1.54) is 0 Å². The van der Waals surface area contributed by atoms with Gasteiger partial charge in [-0.15, -0.1) is 12.4 Å². The molecule has 23 heavy (non-hydrogen) atoms. The molecule has 1 amide bonds. The van der Waals surface area contributed by atoms with Crippen molar-refractivity contribution >= 4 is 53.0 Å². The maximum absolute atomic E-state index is 12.8. The number of carbonyl (C=O) groups is 1. The van der Waals surface area contributed by atoms with Crippen molar-refractivity contribution in [3.63, 3.8) is 0 Å². The van der Waals surface area contributed by atoms with Crippen molar-refractivity contribution in [1.82, 2.24) is 4.98 Å². The molecule has 0 radical (unpaired) electrons. The van der Waals surface area contributed by atoms with Gasteiger partial charge in [0, 0.05) is 0 Å². The maximum atomic E-state index is 12.8. The Labute approximate surface area is 150 Å². The summed E-state index contributed by atoms with van der Waals surface area (Å²) in [6.07, 6.45) is 4.14. The first-order valence-electron chi connectivity index (χ1n) is 7.00. The molecule has 2 aromatic rings. The molecule has 3 N–H and O–H groups in total. The molecular formula is C16H16Cl3N3O. The monoisotopic (exact) mass is 371 g/mol. The Bertz CT molecular complexity index is 715. The summed E-state index contributed by atoms with van der Waals surface area (Å²) < 4.78 is 0. The minimum absolute atomic E-state index is 0. The van der Waals surface area contributed by atoms with E-state index >= 15 is 0 Å². The molecule has 7 heteroatoms. The zero-order valence-corrected chi connectivity index (χ0v) is 14.5. The van der Waals surface area contributed by atoms with Crippen molar-refractivity contribution in [2.75, 3.05) is 11.1 Å². The zero-order valence-electron chi connectivity index (χ0n) is 12.2. The van der Waals surface area contributed by atoms with Crippen LogP contribution in [0.1, 0.15) is 24.8 Å². The summed E-state index contributed by atoms with van der Waals surface area (Å²) >= 11 is 12.1. The minimum Gasteiger partial charge on any atom is -0.384 e. The second-order valence-electron chi connectivity index (χ2n) is 5.49. The van der Waals surface area contributed by atoms with E-state index in [4.69, 9.17) is 28.9 Å². The fraction of sp³-hybridized carbons (Fsp3) is 0.250. The van der Waals surface area contributed by atoms with Crippen LogP contribution in [0.15, 0.2) is 36.5 Å². The number of nitrogen functional groups attached to an aromatic ring is 1. The Morgan fingerprint density at radius 2 is 1.91 bits per heavy atom. The molecule has 0 spiro atoms. The molecule has 0 unspecified atom stereocenters. The molecule has 0 aliphatic heterocycles. The molecule has 3 rings (SSSR count). The number of nitrogens with zero attached hydrogens (tertiary/aromatic N) is 1. The van der Waals surface area contributed by atoms with Crippen LogP contribution in [0.2, 0.25) is 10.0 Å². The number of amides is 1. The van der Waals surface area contributed by atoms with Crippen molar-refractivity contribution in [1.29, 1.82) is 0 Å². The van der Waals surface area contributed by atoms with Gasteiger partial charge in [0.2, 0.25) is 5.91 Å². The van der Waals surface area contributed by atoms with E-state index in [1.807, 2.05) is 6.07 Å². The van der Waals surface area contributed by atoms with Crippen LogP contribution in [0.25, 0.3) is 0 Å². The Kier molecular flexibility index (Phi) is 5.40. The lowest BCUT2D eigenvalue weighted by atomic mass is 9.64. The summed E-state index contributed by atoms with van der Waals surface area (Å²) in [5, 5.41) is 3.87. The van der Waals surface area contributed by atoms with Crippen molar-refractivity contribution in [2.24, 2.45) is 0 Å². The van der Waals surface area contributed by atoms with Gasteiger partial charge in [0.1, 0.15) is 5.82 Å². The summed E-state index contributed by atoms with van der Waals surface area (Å²) in [6.45, 7) is 0. The topological polar surface area (TPSA) is 68.0 Å². The van der Waals surface area contributed by atoms with Gasteiger partial charge in [-0.2, -0.15) is 0 Å². The smallest absolute Gasteiger partial charge is 0.235 e. The molecular weight excluding hydrogens is 357 g/mol. The third kappa shape index (κ3) is 3.39. The van der Waals surface area contributed by atoms with Crippen molar-refractivity contribution in [3.05, 3.63) is 52.1 Å². The molecule has 1 aliphatic carbocycles. The number of rotatable bonds is 3. The lowest BCUT2D eigenvalue weighted by Crippen LogP contribution is -2.46. The maximum Gasteiger partial charge on any atom is 0.235 e. The second-order valence-corrected chi connectivity index (χ2v) is 6.30. The SMILES string of the molecule is Cl.Nc1ccc(NC(=O)C2(c3ccc(Cl)c(Cl)c3)CCC2)cn1. The molecule has 1 aromatic heterocycles. The Morgan fingerprint density at radius 3 is 2.43 bits per heavy atom. The average Bonchev–Trinajstić information content (AvgIpc) is 2.44. The number of anilines is 2. The Hall–Kier alpha value is -1.49. The van der Waals surface area contributed by atoms with Crippen LogP contribution in [-0.4, -0.2) is 10.9 Å². The van der Waals surface area contributed by atoms with Gasteiger partial charge in [-0.25, -0.2) is 4.98 Å². The minimum atomic E-state index is -0.546. The average molecular weight is 373 g/mol. The lowest BCUT2D eigenvalue weighted by molar-refractivity contribution is -0.124. The molecule has 1 fully saturated rings.